The molecule has 0 aliphatic rings. The molecule has 0 radical (unpaired) electrons. The van der Waals surface area contributed by atoms with E-state index in [0.717, 1.165) is 33.3 Å². The van der Waals surface area contributed by atoms with Gasteiger partial charge < -0.3 is 4.42 Å². The molecule has 0 aliphatic heterocycles. The molecule has 0 saturated heterocycles. The lowest BCUT2D eigenvalue weighted by atomic mass is 10.1. The zero-order chi connectivity index (χ0) is 14.4. The first-order valence-electron chi connectivity index (χ1n) is 7.08. The zero-order valence-electron chi connectivity index (χ0n) is 12.1. The first-order chi connectivity index (χ1) is 10.2. The molecular weight excluding hydrogens is 258 g/mol. The summed E-state index contributed by atoms with van der Waals surface area (Å²) in [6, 6.07) is 18.5. The second-order valence-electron chi connectivity index (χ2n) is 5.44. The highest BCUT2D eigenvalue weighted by molar-refractivity contribution is 6.03. The molecule has 2 heteroatoms. The molecule has 4 aromatic rings. The molecule has 0 saturated carbocycles. The quantitative estimate of drug-likeness (QED) is 0.472. The second kappa shape index (κ2) is 4.45. The van der Waals surface area contributed by atoms with Gasteiger partial charge in [0.15, 0.2) is 5.58 Å². The van der Waals surface area contributed by atoms with Crippen LogP contribution in [0.3, 0.4) is 0 Å². The monoisotopic (exact) mass is 273 g/mol. The number of nitrogens with zero attached hydrogens (tertiary/aromatic N) is 1. The van der Waals surface area contributed by atoms with Crippen molar-refractivity contribution in [2.75, 3.05) is 0 Å². The van der Waals surface area contributed by atoms with Crippen molar-refractivity contribution >= 4 is 22.1 Å². The third-order valence-electron chi connectivity index (χ3n) is 4.00. The van der Waals surface area contributed by atoms with Crippen LogP contribution in [0.1, 0.15) is 11.1 Å². The predicted octanol–water partition coefficient (Wildman–Crippen LogP) is 5.26. The topological polar surface area (TPSA) is 26.0 Å². The van der Waals surface area contributed by atoms with E-state index in [1.54, 1.807) is 0 Å². The highest BCUT2D eigenvalue weighted by Crippen LogP contribution is 2.31. The van der Waals surface area contributed by atoms with Gasteiger partial charge in [0.1, 0.15) is 11.1 Å². The van der Waals surface area contributed by atoms with Crippen molar-refractivity contribution in [1.29, 1.82) is 0 Å². The third-order valence-corrected chi connectivity index (χ3v) is 4.00. The standard InChI is InChI=1S/C19H15NO/c1-12-10-15-18(11-13(12)2)21-17-9-8-16(20-19(15)17)14-6-4-3-5-7-14/h3-11H,1-2H3. The molecule has 21 heavy (non-hydrogen) atoms. The van der Waals surface area contributed by atoms with Gasteiger partial charge in [-0.15, -0.1) is 0 Å². The number of pyridine rings is 1. The Balaban J connectivity index is 2.02. The predicted molar refractivity (Wildman–Crippen MR) is 86.4 cm³/mol. The van der Waals surface area contributed by atoms with Crippen molar-refractivity contribution in [2.24, 2.45) is 0 Å². The summed E-state index contributed by atoms with van der Waals surface area (Å²) in [6.07, 6.45) is 0. The molecule has 0 fully saturated rings. The summed E-state index contributed by atoms with van der Waals surface area (Å²) >= 11 is 0. The molecule has 0 N–H and O–H groups in total. The SMILES string of the molecule is Cc1cc2oc3ccc(-c4ccccc4)nc3c2cc1C. The van der Waals surface area contributed by atoms with Gasteiger partial charge >= 0.3 is 0 Å². The Bertz CT molecular complexity index is 952. The maximum absolute atomic E-state index is 5.92. The first-order valence-corrected chi connectivity index (χ1v) is 7.08. The number of hydrogen-bond acceptors (Lipinski definition) is 2. The highest BCUT2D eigenvalue weighted by Gasteiger charge is 2.11. The number of rotatable bonds is 1. The molecule has 0 amide bonds. The van der Waals surface area contributed by atoms with E-state index in [1.165, 1.54) is 11.1 Å². The Morgan fingerprint density at radius 1 is 0.810 bits per heavy atom. The average Bonchev–Trinajstić information content (AvgIpc) is 2.85. The molecule has 0 atom stereocenters. The fraction of sp³-hybridized carbons (Fsp3) is 0.105. The summed E-state index contributed by atoms with van der Waals surface area (Å²) < 4.78 is 5.92. The molecule has 2 nitrogen and oxygen atoms in total. The zero-order valence-corrected chi connectivity index (χ0v) is 12.1. The van der Waals surface area contributed by atoms with Crippen molar-refractivity contribution in [2.45, 2.75) is 13.8 Å². The van der Waals surface area contributed by atoms with Gasteiger partial charge in [-0.25, -0.2) is 4.98 Å². The summed E-state index contributed by atoms with van der Waals surface area (Å²) in [4.78, 5) is 4.81. The van der Waals surface area contributed by atoms with Crippen molar-refractivity contribution in [3.8, 4) is 11.3 Å². The van der Waals surface area contributed by atoms with Gasteiger partial charge in [-0.3, -0.25) is 0 Å². The van der Waals surface area contributed by atoms with Gasteiger partial charge in [0.25, 0.3) is 0 Å². The van der Waals surface area contributed by atoms with Crippen molar-refractivity contribution < 1.29 is 4.42 Å². The number of benzene rings is 2. The van der Waals surface area contributed by atoms with Crippen LogP contribution in [0, 0.1) is 13.8 Å². The second-order valence-corrected chi connectivity index (χ2v) is 5.44. The molecule has 102 valence electrons. The molecule has 0 unspecified atom stereocenters. The summed E-state index contributed by atoms with van der Waals surface area (Å²) in [7, 11) is 0. The fourth-order valence-electron chi connectivity index (χ4n) is 2.67. The average molecular weight is 273 g/mol. The minimum Gasteiger partial charge on any atom is -0.454 e. The maximum atomic E-state index is 5.92. The largest absolute Gasteiger partial charge is 0.454 e. The van der Waals surface area contributed by atoms with E-state index >= 15 is 0 Å². The van der Waals surface area contributed by atoms with Crippen LogP contribution < -0.4 is 0 Å². The van der Waals surface area contributed by atoms with Gasteiger partial charge in [-0.2, -0.15) is 0 Å². The number of hydrogen-bond donors (Lipinski definition) is 0. The molecular formula is C19H15NO. The van der Waals surface area contributed by atoms with Crippen LogP contribution in [0.5, 0.6) is 0 Å². The lowest BCUT2D eigenvalue weighted by molar-refractivity contribution is 0.667. The number of furan rings is 1. The Hall–Kier alpha value is -2.61. The summed E-state index contributed by atoms with van der Waals surface area (Å²) in [5.41, 5.74) is 7.29. The lowest BCUT2D eigenvalue weighted by Crippen LogP contribution is -1.84. The smallest absolute Gasteiger partial charge is 0.153 e. The van der Waals surface area contributed by atoms with Crippen LogP contribution in [-0.4, -0.2) is 4.98 Å². The minimum absolute atomic E-state index is 0.842. The molecule has 2 aromatic heterocycles. The number of aryl methyl sites for hydroxylation is 2. The maximum Gasteiger partial charge on any atom is 0.153 e. The van der Waals surface area contributed by atoms with Gasteiger partial charge in [-0.05, 0) is 49.2 Å². The highest BCUT2D eigenvalue weighted by atomic mass is 16.3. The fourth-order valence-corrected chi connectivity index (χ4v) is 2.67. The summed E-state index contributed by atoms with van der Waals surface area (Å²) in [5, 5.41) is 1.09. The van der Waals surface area contributed by atoms with Gasteiger partial charge in [0.2, 0.25) is 0 Å². The normalized spacial score (nSPS) is 11.3. The van der Waals surface area contributed by atoms with Crippen LogP contribution >= 0.6 is 0 Å². The molecule has 0 bridgehead atoms. The van der Waals surface area contributed by atoms with E-state index in [-0.39, 0.29) is 0 Å². The van der Waals surface area contributed by atoms with Gasteiger partial charge in [0.05, 0.1) is 5.69 Å². The third kappa shape index (κ3) is 1.91. The van der Waals surface area contributed by atoms with Gasteiger partial charge in [0, 0.05) is 10.9 Å². The van der Waals surface area contributed by atoms with Crippen LogP contribution in [0.2, 0.25) is 0 Å². The molecule has 2 aromatic carbocycles. The van der Waals surface area contributed by atoms with E-state index in [9.17, 15) is 0 Å². The van der Waals surface area contributed by atoms with Crippen molar-refractivity contribution in [1.82, 2.24) is 4.98 Å². The van der Waals surface area contributed by atoms with E-state index in [2.05, 4.69) is 38.1 Å². The molecule has 4 rings (SSSR count). The Labute approximate surface area is 123 Å². The number of fused-ring (bicyclic) bond motifs is 3. The van der Waals surface area contributed by atoms with Crippen molar-refractivity contribution in [3.63, 3.8) is 0 Å². The molecule has 0 aliphatic carbocycles. The van der Waals surface area contributed by atoms with Crippen LogP contribution in [0.15, 0.2) is 59.0 Å². The summed E-state index contributed by atoms with van der Waals surface area (Å²) in [5.74, 6) is 0. The Morgan fingerprint density at radius 3 is 2.38 bits per heavy atom. The molecule has 2 heterocycles. The van der Waals surface area contributed by atoms with Gasteiger partial charge in [-0.1, -0.05) is 30.3 Å². The van der Waals surface area contributed by atoms with Crippen LogP contribution in [0.25, 0.3) is 33.3 Å². The van der Waals surface area contributed by atoms with E-state index in [0.29, 0.717) is 0 Å². The number of aromatic nitrogens is 1. The van der Waals surface area contributed by atoms with E-state index in [4.69, 9.17) is 9.40 Å². The van der Waals surface area contributed by atoms with E-state index in [1.807, 2.05) is 30.3 Å². The Morgan fingerprint density at radius 2 is 1.57 bits per heavy atom. The lowest BCUT2D eigenvalue weighted by Gasteiger charge is -2.00. The first kappa shape index (κ1) is 12.2. The molecule has 0 spiro atoms. The van der Waals surface area contributed by atoms with Crippen molar-refractivity contribution in [3.05, 3.63) is 65.7 Å². The Kier molecular flexibility index (Phi) is 2.58. The van der Waals surface area contributed by atoms with E-state index < -0.39 is 0 Å². The minimum atomic E-state index is 0.842. The van der Waals surface area contributed by atoms with Crippen LogP contribution in [-0.2, 0) is 0 Å². The van der Waals surface area contributed by atoms with Crippen LogP contribution in [0.4, 0.5) is 0 Å². The summed E-state index contributed by atoms with van der Waals surface area (Å²) in [6.45, 7) is 4.22.